The highest BCUT2D eigenvalue weighted by atomic mass is 16.6. The standard InChI is InChI=1S/C13H15NO3/c15-13(17-12-3-4-16-8-12)9-1-2-10-6-14-7-11(10)5-9/h1-2,5,12,14H,3-4,6-8H2. The highest BCUT2D eigenvalue weighted by Gasteiger charge is 2.21. The molecular weight excluding hydrogens is 218 g/mol. The van der Waals surface area contributed by atoms with Crippen molar-refractivity contribution in [3.8, 4) is 0 Å². The molecule has 0 aliphatic carbocycles. The summed E-state index contributed by atoms with van der Waals surface area (Å²) in [7, 11) is 0. The average Bonchev–Trinajstić information content (AvgIpc) is 2.97. The Balaban J connectivity index is 1.72. The maximum absolute atomic E-state index is 11.9. The van der Waals surface area contributed by atoms with Gasteiger partial charge in [-0.25, -0.2) is 4.79 Å². The Morgan fingerprint density at radius 2 is 2.24 bits per heavy atom. The lowest BCUT2D eigenvalue weighted by Crippen LogP contribution is -2.18. The first-order valence-electron chi connectivity index (χ1n) is 5.94. The Labute approximate surface area is 99.9 Å². The summed E-state index contributed by atoms with van der Waals surface area (Å²) < 4.78 is 10.6. The van der Waals surface area contributed by atoms with E-state index >= 15 is 0 Å². The van der Waals surface area contributed by atoms with Crippen molar-refractivity contribution < 1.29 is 14.3 Å². The van der Waals surface area contributed by atoms with Gasteiger partial charge in [-0.2, -0.15) is 0 Å². The zero-order valence-corrected chi connectivity index (χ0v) is 9.57. The minimum Gasteiger partial charge on any atom is -0.456 e. The fourth-order valence-corrected chi connectivity index (χ4v) is 2.25. The first kappa shape index (κ1) is 10.7. The van der Waals surface area contributed by atoms with Crippen LogP contribution < -0.4 is 5.32 Å². The van der Waals surface area contributed by atoms with Crippen molar-refractivity contribution in [2.75, 3.05) is 13.2 Å². The maximum atomic E-state index is 11.9. The number of hydrogen-bond donors (Lipinski definition) is 1. The normalized spacial score (nSPS) is 22.5. The van der Waals surface area contributed by atoms with Gasteiger partial charge < -0.3 is 14.8 Å². The van der Waals surface area contributed by atoms with Crippen LogP contribution in [0.2, 0.25) is 0 Å². The monoisotopic (exact) mass is 233 g/mol. The van der Waals surface area contributed by atoms with Gasteiger partial charge in [0.15, 0.2) is 0 Å². The van der Waals surface area contributed by atoms with Crippen LogP contribution in [0.1, 0.15) is 27.9 Å². The minimum absolute atomic E-state index is 0.0751. The van der Waals surface area contributed by atoms with Crippen molar-refractivity contribution in [1.29, 1.82) is 0 Å². The Bertz CT molecular complexity index is 438. The molecule has 0 bridgehead atoms. The van der Waals surface area contributed by atoms with Crippen LogP contribution in [0, 0.1) is 0 Å². The summed E-state index contributed by atoms with van der Waals surface area (Å²) in [6, 6.07) is 5.76. The molecule has 0 spiro atoms. The lowest BCUT2D eigenvalue weighted by molar-refractivity contribution is 0.0270. The molecule has 4 nitrogen and oxygen atoms in total. The number of carbonyl (C=O) groups excluding carboxylic acids is 1. The van der Waals surface area contributed by atoms with Crippen LogP contribution in [-0.4, -0.2) is 25.3 Å². The number of esters is 1. The molecule has 90 valence electrons. The molecule has 1 fully saturated rings. The quantitative estimate of drug-likeness (QED) is 0.781. The number of carbonyl (C=O) groups is 1. The van der Waals surface area contributed by atoms with Crippen LogP contribution >= 0.6 is 0 Å². The van der Waals surface area contributed by atoms with E-state index in [2.05, 4.69) is 5.32 Å². The van der Waals surface area contributed by atoms with E-state index in [0.29, 0.717) is 18.8 Å². The van der Waals surface area contributed by atoms with Crippen LogP contribution in [0.25, 0.3) is 0 Å². The van der Waals surface area contributed by atoms with Gasteiger partial charge in [0, 0.05) is 19.5 Å². The SMILES string of the molecule is O=C(OC1CCOC1)c1ccc2c(c1)CNC2. The third-order valence-corrected chi connectivity index (χ3v) is 3.23. The van der Waals surface area contributed by atoms with Crippen molar-refractivity contribution in [1.82, 2.24) is 5.32 Å². The van der Waals surface area contributed by atoms with E-state index in [-0.39, 0.29) is 12.1 Å². The predicted molar refractivity (Wildman–Crippen MR) is 61.6 cm³/mol. The predicted octanol–water partition coefficient (Wildman–Crippen LogP) is 1.24. The lowest BCUT2D eigenvalue weighted by Gasteiger charge is -2.10. The third kappa shape index (κ3) is 2.18. The van der Waals surface area contributed by atoms with E-state index in [1.54, 1.807) is 0 Å². The smallest absolute Gasteiger partial charge is 0.338 e. The Morgan fingerprint density at radius 3 is 3.06 bits per heavy atom. The fraction of sp³-hybridized carbons (Fsp3) is 0.462. The second kappa shape index (κ2) is 4.47. The van der Waals surface area contributed by atoms with Gasteiger partial charge in [0.05, 0.1) is 18.8 Å². The zero-order chi connectivity index (χ0) is 11.7. The van der Waals surface area contributed by atoms with E-state index in [1.807, 2.05) is 18.2 Å². The maximum Gasteiger partial charge on any atom is 0.338 e. The number of rotatable bonds is 2. The summed E-state index contributed by atoms with van der Waals surface area (Å²) >= 11 is 0. The van der Waals surface area contributed by atoms with Crippen molar-refractivity contribution in [3.05, 3.63) is 34.9 Å². The van der Waals surface area contributed by atoms with Crippen LogP contribution in [0.5, 0.6) is 0 Å². The van der Waals surface area contributed by atoms with Gasteiger partial charge in [0.2, 0.25) is 0 Å². The van der Waals surface area contributed by atoms with Gasteiger partial charge in [-0.1, -0.05) is 6.07 Å². The summed E-state index contributed by atoms with van der Waals surface area (Å²) in [5.41, 5.74) is 3.10. The van der Waals surface area contributed by atoms with E-state index in [1.165, 1.54) is 11.1 Å². The molecule has 3 rings (SSSR count). The fourth-order valence-electron chi connectivity index (χ4n) is 2.25. The van der Waals surface area contributed by atoms with Crippen LogP contribution in [0.4, 0.5) is 0 Å². The number of hydrogen-bond acceptors (Lipinski definition) is 4. The Hall–Kier alpha value is -1.39. The molecule has 1 saturated heterocycles. The van der Waals surface area contributed by atoms with Gasteiger partial charge in [-0.15, -0.1) is 0 Å². The number of benzene rings is 1. The highest BCUT2D eigenvalue weighted by molar-refractivity contribution is 5.89. The summed E-state index contributed by atoms with van der Waals surface area (Å²) in [5.74, 6) is -0.241. The largest absolute Gasteiger partial charge is 0.456 e. The first-order valence-corrected chi connectivity index (χ1v) is 5.94. The van der Waals surface area contributed by atoms with E-state index in [9.17, 15) is 4.79 Å². The second-order valence-electron chi connectivity index (χ2n) is 4.48. The number of fused-ring (bicyclic) bond motifs is 1. The van der Waals surface area contributed by atoms with Gasteiger partial charge in [0.1, 0.15) is 6.10 Å². The molecule has 4 heteroatoms. The summed E-state index contributed by atoms with van der Waals surface area (Å²) in [6.45, 7) is 2.94. The second-order valence-corrected chi connectivity index (χ2v) is 4.48. The molecule has 17 heavy (non-hydrogen) atoms. The molecule has 0 saturated carbocycles. The molecule has 2 aliphatic rings. The van der Waals surface area contributed by atoms with Crippen molar-refractivity contribution >= 4 is 5.97 Å². The van der Waals surface area contributed by atoms with Gasteiger partial charge >= 0.3 is 5.97 Å². The molecule has 2 aliphatic heterocycles. The first-order chi connectivity index (χ1) is 8.33. The molecule has 2 heterocycles. The van der Waals surface area contributed by atoms with Gasteiger partial charge in [0.25, 0.3) is 0 Å². The Morgan fingerprint density at radius 1 is 1.35 bits per heavy atom. The van der Waals surface area contributed by atoms with Crippen molar-refractivity contribution in [3.63, 3.8) is 0 Å². The van der Waals surface area contributed by atoms with Crippen molar-refractivity contribution in [2.24, 2.45) is 0 Å². The molecule has 1 aromatic carbocycles. The lowest BCUT2D eigenvalue weighted by atomic mass is 10.1. The Kier molecular flexibility index (Phi) is 2.82. The molecule has 0 amide bonds. The minimum atomic E-state index is -0.241. The molecule has 0 radical (unpaired) electrons. The van der Waals surface area contributed by atoms with Gasteiger partial charge in [-0.05, 0) is 23.3 Å². The molecule has 0 aromatic heterocycles. The molecule has 1 unspecified atom stereocenters. The van der Waals surface area contributed by atoms with E-state index < -0.39 is 0 Å². The third-order valence-electron chi connectivity index (χ3n) is 3.23. The summed E-state index contributed by atoms with van der Waals surface area (Å²) in [6.07, 6.45) is 0.729. The molecular formula is C13H15NO3. The molecule has 1 atom stereocenters. The topological polar surface area (TPSA) is 47.6 Å². The summed E-state index contributed by atoms with van der Waals surface area (Å²) in [5, 5.41) is 3.25. The average molecular weight is 233 g/mol. The number of ether oxygens (including phenoxy) is 2. The zero-order valence-electron chi connectivity index (χ0n) is 9.57. The van der Waals surface area contributed by atoms with Crippen molar-refractivity contribution in [2.45, 2.75) is 25.6 Å². The van der Waals surface area contributed by atoms with Crippen LogP contribution in [0.3, 0.4) is 0 Å². The summed E-state index contributed by atoms with van der Waals surface area (Å²) in [4.78, 5) is 11.9. The van der Waals surface area contributed by atoms with Crippen LogP contribution in [0.15, 0.2) is 18.2 Å². The van der Waals surface area contributed by atoms with Gasteiger partial charge in [-0.3, -0.25) is 0 Å². The highest BCUT2D eigenvalue weighted by Crippen LogP contribution is 2.18. The molecule has 1 aromatic rings. The number of nitrogens with one attached hydrogen (secondary N) is 1. The van der Waals surface area contributed by atoms with E-state index in [4.69, 9.17) is 9.47 Å². The van der Waals surface area contributed by atoms with E-state index in [0.717, 1.165) is 19.5 Å². The van der Waals surface area contributed by atoms with Crippen LogP contribution in [-0.2, 0) is 22.6 Å². The molecule has 1 N–H and O–H groups in total.